The second kappa shape index (κ2) is 9.11. The van der Waals surface area contributed by atoms with E-state index in [1.807, 2.05) is 48.5 Å². The molecule has 1 aliphatic heterocycles. The Bertz CT molecular complexity index is 1340. The number of halogens is 3. The van der Waals surface area contributed by atoms with Crippen molar-refractivity contribution < 1.29 is 4.42 Å². The molecule has 3 heterocycles. The Morgan fingerprint density at radius 1 is 1.03 bits per heavy atom. The van der Waals surface area contributed by atoms with Crippen LogP contribution in [0.2, 0.25) is 10.0 Å². The molecule has 1 saturated heterocycles. The Labute approximate surface area is 215 Å². The van der Waals surface area contributed by atoms with Crippen LogP contribution < -0.4 is 10.2 Å². The molecule has 0 unspecified atom stereocenters. The fraction of sp³-hybridized carbons (Fsp3) is 0.120. The van der Waals surface area contributed by atoms with Gasteiger partial charge in [-0.1, -0.05) is 45.2 Å². The van der Waals surface area contributed by atoms with Crippen molar-refractivity contribution in [2.45, 2.75) is 19.0 Å². The van der Waals surface area contributed by atoms with Crippen LogP contribution >= 0.6 is 51.3 Å². The third kappa shape index (κ3) is 4.28. The van der Waals surface area contributed by atoms with Crippen LogP contribution in [0.4, 0.5) is 5.69 Å². The van der Waals surface area contributed by atoms with E-state index in [9.17, 15) is 0 Å². The van der Waals surface area contributed by atoms with Gasteiger partial charge in [0.25, 0.3) is 0 Å². The average Bonchev–Trinajstić information content (AvgIpc) is 3.43. The maximum absolute atomic E-state index is 6.37. The summed E-state index contributed by atoms with van der Waals surface area (Å²) in [6.45, 7) is 2.06. The molecule has 2 aromatic heterocycles. The second-order valence-electron chi connectivity index (χ2n) is 7.76. The number of aromatic nitrogens is 1. The maximum Gasteiger partial charge on any atom is 0.174 e. The minimum absolute atomic E-state index is 0.185. The Morgan fingerprint density at radius 2 is 1.88 bits per heavy atom. The normalized spacial score (nSPS) is 17.9. The molecule has 2 aromatic carbocycles. The predicted molar refractivity (Wildman–Crippen MR) is 141 cm³/mol. The molecule has 5 rings (SSSR count). The largest absolute Gasteiger partial charge is 0.459 e. The van der Waals surface area contributed by atoms with Crippen molar-refractivity contribution >= 4 is 62.1 Å². The lowest BCUT2D eigenvalue weighted by Crippen LogP contribution is -2.29. The first-order valence-electron chi connectivity index (χ1n) is 10.2. The van der Waals surface area contributed by atoms with Crippen LogP contribution in [0.5, 0.6) is 0 Å². The third-order valence-corrected chi connectivity index (χ3v) is 7.58. The van der Waals surface area contributed by atoms with Crippen LogP contribution in [0.15, 0.2) is 81.8 Å². The topological polar surface area (TPSA) is 41.3 Å². The summed E-state index contributed by atoms with van der Waals surface area (Å²) in [5.74, 6) is 1.47. The minimum atomic E-state index is -0.232. The molecule has 4 nitrogen and oxygen atoms in total. The highest BCUT2D eigenvalue weighted by Crippen LogP contribution is 2.43. The highest BCUT2D eigenvalue weighted by Gasteiger charge is 2.42. The number of nitrogens with one attached hydrogen (secondary N) is 1. The molecule has 2 atom stereocenters. The molecule has 0 bridgehead atoms. The van der Waals surface area contributed by atoms with Gasteiger partial charge in [-0.3, -0.25) is 4.98 Å². The number of rotatable bonds is 4. The minimum Gasteiger partial charge on any atom is -0.459 e. The summed E-state index contributed by atoms with van der Waals surface area (Å²) in [6.07, 6.45) is 1.78. The Hall–Kier alpha value is -2.38. The molecule has 166 valence electrons. The maximum atomic E-state index is 6.37. The van der Waals surface area contributed by atoms with Gasteiger partial charge >= 0.3 is 0 Å². The van der Waals surface area contributed by atoms with E-state index in [0.29, 0.717) is 20.9 Å². The van der Waals surface area contributed by atoms with Crippen molar-refractivity contribution in [3.05, 3.63) is 104 Å². The molecular weight excluding hydrogens is 541 g/mol. The van der Waals surface area contributed by atoms with Crippen LogP contribution in [-0.2, 0) is 0 Å². The summed E-state index contributed by atoms with van der Waals surface area (Å²) in [4.78, 5) is 6.68. The van der Waals surface area contributed by atoms with E-state index in [1.165, 1.54) is 0 Å². The molecule has 0 saturated carbocycles. The van der Waals surface area contributed by atoms with E-state index < -0.39 is 0 Å². The summed E-state index contributed by atoms with van der Waals surface area (Å²) in [5.41, 5.74) is 3.83. The highest BCUT2D eigenvalue weighted by atomic mass is 79.9. The molecule has 0 radical (unpaired) electrons. The SMILES string of the molecule is Cc1cc(N2C(=S)N[C@@H](c3ccccn3)[C@H]2c2ccc(-c3ccc(Cl)c(Cl)c3)o2)ccc1Br. The number of thiocarbonyl (C=S) groups is 1. The van der Waals surface area contributed by atoms with Gasteiger partial charge in [0.2, 0.25) is 0 Å². The molecule has 1 aliphatic rings. The lowest BCUT2D eigenvalue weighted by atomic mass is 10.0. The lowest BCUT2D eigenvalue weighted by molar-refractivity contribution is 0.439. The molecule has 1 N–H and O–H groups in total. The molecule has 33 heavy (non-hydrogen) atoms. The first-order chi connectivity index (χ1) is 15.9. The molecule has 4 aromatic rings. The fourth-order valence-corrected chi connectivity index (χ4v) is 4.91. The fourth-order valence-electron chi connectivity index (χ4n) is 4.02. The molecule has 1 fully saturated rings. The van der Waals surface area contributed by atoms with Crippen molar-refractivity contribution in [1.82, 2.24) is 10.3 Å². The number of benzene rings is 2. The zero-order chi connectivity index (χ0) is 23.1. The van der Waals surface area contributed by atoms with E-state index in [-0.39, 0.29) is 12.1 Å². The van der Waals surface area contributed by atoms with Gasteiger partial charge in [-0.25, -0.2) is 0 Å². The van der Waals surface area contributed by atoms with Crippen molar-refractivity contribution in [2.75, 3.05) is 4.90 Å². The lowest BCUT2D eigenvalue weighted by Gasteiger charge is -2.26. The van der Waals surface area contributed by atoms with Gasteiger partial charge in [0.15, 0.2) is 5.11 Å². The Balaban J connectivity index is 1.61. The van der Waals surface area contributed by atoms with E-state index in [1.54, 1.807) is 18.3 Å². The van der Waals surface area contributed by atoms with Crippen molar-refractivity contribution in [3.63, 3.8) is 0 Å². The summed E-state index contributed by atoms with van der Waals surface area (Å²) in [6, 6.07) is 21.0. The number of anilines is 1. The number of nitrogens with zero attached hydrogens (tertiary/aromatic N) is 2. The van der Waals surface area contributed by atoms with E-state index in [0.717, 1.165) is 32.7 Å². The average molecular weight is 559 g/mol. The molecular formula is C25H18BrCl2N3OS. The number of aryl methyl sites for hydroxylation is 1. The van der Waals surface area contributed by atoms with Crippen LogP contribution in [0.3, 0.4) is 0 Å². The number of furan rings is 1. The summed E-state index contributed by atoms with van der Waals surface area (Å²) in [7, 11) is 0. The van der Waals surface area contributed by atoms with E-state index in [4.69, 9.17) is 39.8 Å². The molecule has 0 aliphatic carbocycles. The second-order valence-corrected chi connectivity index (χ2v) is 9.82. The molecule has 0 spiro atoms. The highest BCUT2D eigenvalue weighted by molar-refractivity contribution is 9.10. The van der Waals surface area contributed by atoms with Crippen LogP contribution in [0.1, 0.15) is 29.1 Å². The van der Waals surface area contributed by atoms with Gasteiger partial charge in [-0.2, -0.15) is 0 Å². The summed E-state index contributed by atoms with van der Waals surface area (Å²) >= 11 is 21.7. The van der Waals surface area contributed by atoms with Gasteiger partial charge in [-0.15, -0.1) is 0 Å². The summed E-state index contributed by atoms with van der Waals surface area (Å²) < 4.78 is 7.42. The zero-order valence-electron chi connectivity index (χ0n) is 17.4. The van der Waals surface area contributed by atoms with Gasteiger partial charge < -0.3 is 14.6 Å². The zero-order valence-corrected chi connectivity index (χ0v) is 21.3. The number of hydrogen-bond donors (Lipinski definition) is 1. The van der Waals surface area contributed by atoms with Gasteiger partial charge in [0, 0.05) is 21.9 Å². The van der Waals surface area contributed by atoms with Crippen molar-refractivity contribution in [2.24, 2.45) is 0 Å². The van der Waals surface area contributed by atoms with Crippen LogP contribution in [0.25, 0.3) is 11.3 Å². The van der Waals surface area contributed by atoms with Crippen LogP contribution in [0, 0.1) is 6.92 Å². The van der Waals surface area contributed by atoms with Gasteiger partial charge in [0.1, 0.15) is 17.6 Å². The predicted octanol–water partition coefficient (Wildman–Crippen LogP) is 7.90. The third-order valence-electron chi connectivity index (χ3n) is 5.64. The monoisotopic (exact) mass is 557 g/mol. The van der Waals surface area contributed by atoms with Gasteiger partial charge in [0.05, 0.1) is 21.8 Å². The smallest absolute Gasteiger partial charge is 0.174 e. The first kappa shape index (κ1) is 22.4. The van der Waals surface area contributed by atoms with E-state index in [2.05, 4.69) is 44.1 Å². The quantitative estimate of drug-likeness (QED) is 0.258. The number of hydrogen-bond acceptors (Lipinski definition) is 3. The van der Waals surface area contributed by atoms with Crippen LogP contribution in [-0.4, -0.2) is 10.1 Å². The Kier molecular flexibility index (Phi) is 6.18. The first-order valence-corrected chi connectivity index (χ1v) is 12.2. The molecule has 8 heteroatoms. The summed E-state index contributed by atoms with van der Waals surface area (Å²) in [5, 5.41) is 5.05. The molecule has 0 amide bonds. The van der Waals surface area contributed by atoms with Crippen molar-refractivity contribution in [3.8, 4) is 11.3 Å². The standard InChI is InChI=1S/C25H18BrCl2N3OS/c1-14-12-16(6-7-17(14)26)31-24(23(30-25(31)33)20-4-2-3-11-29-20)22-10-9-21(32-22)15-5-8-18(27)19(28)13-15/h2-13,23-24H,1H3,(H,30,33)/t23-,24+/m0/s1. The number of pyridine rings is 1. The van der Waals surface area contributed by atoms with E-state index >= 15 is 0 Å². The Morgan fingerprint density at radius 3 is 2.61 bits per heavy atom. The van der Waals surface area contributed by atoms with Gasteiger partial charge in [-0.05, 0) is 85.4 Å². The van der Waals surface area contributed by atoms with Crippen molar-refractivity contribution in [1.29, 1.82) is 0 Å².